The first-order valence-electron chi connectivity index (χ1n) is 13.6. The van der Waals surface area contributed by atoms with Crippen molar-refractivity contribution in [3.8, 4) is 11.3 Å². The molecule has 5 heterocycles. The lowest BCUT2D eigenvalue weighted by molar-refractivity contribution is 0.131. The van der Waals surface area contributed by atoms with Crippen LogP contribution in [-0.2, 0) is 18.5 Å². The van der Waals surface area contributed by atoms with Gasteiger partial charge in [-0.1, -0.05) is 13.0 Å². The van der Waals surface area contributed by atoms with E-state index in [1.54, 1.807) is 6.07 Å². The number of likely N-dealkylation sites (N-methyl/N-ethyl adjacent to an activating group) is 1. The van der Waals surface area contributed by atoms with Gasteiger partial charge in [-0.3, -0.25) is 4.90 Å². The third-order valence-corrected chi connectivity index (χ3v) is 8.11. The van der Waals surface area contributed by atoms with Gasteiger partial charge in [-0.25, -0.2) is 28.7 Å². The number of rotatable bonds is 6. The van der Waals surface area contributed by atoms with E-state index in [1.165, 1.54) is 11.6 Å². The van der Waals surface area contributed by atoms with Gasteiger partial charge in [0.25, 0.3) is 0 Å². The highest BCUT2D eigenvalue weighted by Crippen LogP contribution is 2.38. The normalized spacial score (nSPS) is 17.6. The monoisotopic (exact) mass is 532 g/mol. The van der Waals surface area contributed by atoms with Gasteiger partial charge < -0.3 is 14.8 Å². The van der Waals surface area contributed by atoms with Crippen LogP contribution < -0.4 is 5.32 Å². The summed E-state index contributed by atoms with van der Waals surface area (Å²) >= 11 is 0. The molecule has 1 saturated heterocycles. The molecule has 0 amide bonds. The van der Waals surface area contributed by atoms with Crippen LogP contribution in [0.25, 0.3) is 22.3 Å². The fraction of sp³-hybridized carbons (Fsp3) is 0.448. The van der Waals surface area contributed by atoms with Crippen molar-refractivity contribution in [2.75, 3.05) is 38.0 Å². The van der Waals surface area contributed by atoms with Crippen molar-refractivity contribution in [3.05, 3.63) is 59.2 Å². The summed E-state index contributed by atoms with van der Waals surface area (Å²) in [6.45, 7) is 14.6. The number of nitrogens with zero attached hydrogens (tertiary/aromatic N) is 7. The largest absolute Gasteiger partial charge is 0.322 e. The molecule has 0 atom stereocenters. The number of piperazine rings is 1. The van der Waals surface area contributed by atoms with E-state index in [2.05, 4.69) is 61.5 Å². The molecule has 0 bridgehead atoms. The molecule has 10 heteroatoms. The summed E-state index contributed by atoms with van der Waals surface area (Å²) in [5.41, 5.74) is 3.23. The third-order valence-electron chi connectivity index (χ3n) is 8.11. The van der Waals surface area contributed by atoms with Crippen LogP contribution in [0.1, 0.15) is 44.3 Å². The molecule has 39 heavy (non-hydrogen) atoms. The molecule has 0 saturated carbocycles. The Kier molecular flexibility index (Phi) is 6.55. The van der Waals surface area contributed by atoms with Gasteiger partial charge in [0.15, 0.2) is 11.6 Å². The van der Waals surface area contributed by atoms with E-state index in [9.17, 15) is 4.39 Å². The number of pyridine rings is 1. The zero-order chi connectivity index (χ0) is 27.3. The molecule has 2 aliphatic heterocycles. The molecular formula is C29H34F2N8. The van der Waals surface area contributed by atoms with Gasteiger partial charge in [-0.05, 0) is 57.5 Å². The van der Waals surface area contributed by atoms with Crippen molar-refractivity contribution in [2.45, 2.75) is 52.6 Å². The van der Waals surface area contributed by atoms with Gasteiger partial charge in [0, 0.05) is 55.9 Å². The van der Waals surface area contributed by atoms with Crippen LogP contribution in [0.5, 0.6) is 0 Å². The molecule has 1 fully saturated rings. The lowest BCUT2D eigenvalue weighted by Gasteiger charge is -2.34. The second-order valence-corrected chi connectivity index (χ2v) is 11.2. The molecule has 8 nitrogen and oxygen atoms in total. The van der Waals surface area contributed by atoms with Gasteiger partial charge in [-0.15, -0.1) is 0 Å². The van der Waals surface area contributed by atoms with E-state index in [0.717, 1.165) is 69.8 Å². The van der Waals surface area contributed by atoms with E-state index in [1.807, 2.05) is 13.0 Å². The highest BCUT2D eigenvalue weighted by atomic mass is 19.1. The molecule has 0 aliphatic carbocycles. The van der Waals surface area contributed by atoms with Crippen molar-refractivity contribution in [1.29, 1.82) is 0 Å². The zero-order valence-electron chi connectivity index (χ0n) is 22.9. The summed E-state index contributed by atoms with van der Waals surface area (Å²) in [4.78, 5) is 22.7. The Balaban J connectivity index is 1.24. The number of hydrogen-bond acceptors (Lipinski definition) is 7. The zero-order valence-corrected chi connectivity index (χ0v) is 22.9. The number of imidazole rings is 1. The van der Waals surface area contributed by atoms with E-state index < -0.39 is 11.6 Å². The molecule has 0 unspecified atom stereocenters. The molecule has 1 N–H and O–H groups in total. The quantitative estimate of drug-likeness (QED) is 0.373. The SMILES string of the molecule is CCN1CCN(Cc2ccc(Nc3ncc(F)c(-c4cc(F)c5nc6n(c5c4)C(C)(C)CC6)n3)nc2C)CC1. The number of aromatic nitrogens is 5. The molecule has 4 aromatic rings. The fourth-order valence-electron chi connectivity index (χ4n) is 5.77. The minimum absolute atomic E-state index is 0.0271. The summed E-state index contributed by atoms with van der Waals surface area (Å²) < 4.78 is 32.1. The number of hydrogen-bond donors (Lipinski definition) is 1. The molecule has 3 aromatic heterocycles. The fourth-order valence-corrected chi connectivity index (χ4v) is 5.77. The Labute approximate surface area is 227 Å². The van der Waals surface area contributed by atoms with Crippen LogP contribution in [0, 0.1) is 18.6 Å². The highest BCUT2D eigenvalue weighted by molar-refractivity contribution is 5.83. The Morgan fingerprint density at radius 1 is 0.974 bits per heavy atom. The molecule has 6 rings (SSSR count). The lowest BCUT2D eigenvalue weighted by atomic mass is 10.0. The van der Waals surface area contributed by atoms with Crippen LogP contribution in [0.3, 0.4) is 0 Å². The topological polar surface area (TPSA) is 75.0 Å². The number of benzene rings is 1. The number of nitrogens with one attached hydrogen (secondary N) is 1. The minimum Gasteiger partial charge on any atom is -0.322 e. The van der Waals surface area contributed by atoms with Crippen molar-refractivity contribution in [3.63, 3.8) is 0 Å². The summed E-state index contributed by atoms with van der Waals surface area (Å²) in [5, 5.41) is 3.10. The van der Waals surface area contributed by atoms with Gasteiger partial charge in [0.1, 0.15) is 22.9 Å². The molecule has 2 aliphatic rings. The van der Waals surface area contributed by atoms with E-state index in [4.69, 9.17) is 4.98 Å². The average Bonchev–Trinajstić information content (AvgIpc) is 3.44. The van der Waals surface area contributed by atoms with Crippen molar-refractivity contribution < 1.29 is 8.78 Å². The maximum Gasteiger partial charge on any atom is 0.229 e. The minimum atomic E-state index is -0.623. The number of aryl methyl sites for hydroxylation is 2. The average molecular weight is 533 g/mol. The van der Waals surface area contributed by atoms with E-state index in [-0.39, 0.29) is 17.2 Å². The summed E-state index contributed by atoms with van der Waals surface area (Å²) in [5.74, 6) is 0.506. The van der Waals surface area contributed by atoms with Crippen LogP contribution >= 0.6 is 0 Å². The van der Waals surface area contributed by atoms with Crippen LogP contribution in [0.4, 0.5) is 20.5 Å². The van der Waals surface area contributed by atoms with Gasteiger partial charge >= 0.3 is 0 Å². The summed E-state index contributed by atoms with van der Waals surface area (Å²) in [6, 6.07) is 7.02. The Morgan fingerprint density at radius 2 is 1.74 bits per heavy atom. The second kappa shape index (κ2) is 9.91. The Morgan fingerprint density at radius 3 is 2.49 bits per heavy atom. The molecule has 204 valence electrons. The van der Waals surface area contributed by atoms with Crippen molar-refractivity contribution >= 4 is 22.8 Å². The maximum atomic E-state index is 15.1. The molecule has 0 radical (unpaired) electrons. The molecule has 1 aromatic carbocycles. The van der Waals surface area contributed by atoms with Crippen molar-refractivity contribution in [1.82, 2.24) is 34.3 Å². The standard InChI is InChI=1S/C29H34F2N8/c1-5-37-10-12-38(13-11-37)17-19-6-7-24(33-18(19)2)34-28-32-16-22(31)26(36-28)20-14-21(30)27-23(15-20)39-25(35-27)8-9-29(39,3)4/h6-7,14-16H,5,8-13,17H2,1-4H3,(H,32,33,34,36). The van der Waals surface area contributed by atoms with E-state index in [0.29, 0.717) is 22.4 Å². The first-order valence-corrected chi connectivity index (χ1v) is 13.6. The van der Waals surface area contributed by atoms with Gasteiger partial charge in [0.05, 0.1) is 11.7 Å². The Bertz CT molecular complexity index is 1540. The third kappa shape index (κ3) is 4.87. The lowest BCUT2D eigenvalue weighted by Crippen LogP contribution is -2.45. The summed E-state index contributed by atoms with van der Waals surface area (Å²) in [6.07, 6.45) is 2.82. The predicted octanol–water partition coefficient (Wildman–Crippen LogP) is 5.04. The van der Waals surface area contributed by atoms with Gasteiger partial charge in [-0.2, -0.15) is 0 Å². The number of halogens is 2. The first-order chi connectivity index (χ1) is 18.7. The highest BCUT2D eigenvalue weighted by Gasteiger charge is 2.33. The molecular weight excluding hydrogens is 498 g/mol. The first kappa shape index (κ1) is 25.8. The summed E-state index contributed by atoms with van der Waals surface area (Å²) in [7, 11) is 0. The van der Waals surface area contributed by atoms with Crippen LogP contribution in [0.2, 0.25) is 0 Å². The van der Waals surface area contributed by atoms with Crippen LogP contribution in [-0.4, -0.2) is 67.0 Å². The number of anilines is 2. The Hall–Kier alpha value is -3.50. The van der Waals surface area contributed by atoms with Crippen LogP contribution in [0.15, 0.2) is 30.5 Å². The smallest absolute Gasteiger partial charge is 0.229 e. The maximum absolute atomic E-state index is 15.1. The number of fused-ring (bicyclic) bond motifs is 3. The van der Waals surface area contributed by atoms with Gasteiger partial charge in [0.2, 0.25) is 5.95 Å². The van der Waals surface area contributed by atoms with E-state index >= 15 is 4.39 Å². The predicted molar refractivity (Wildman–Crippen MR) is 148 cm³/mol. The second-order valence-electron chi connectivity index (χ2n) is 11.2. The molecule has 0 spiro atoms. The van der Waals surface area contributed by atoms with Crippen molar-refractivity contribution in [2.24, 2.45) is 0 Å².